The molecule has 0 fully saturated rings. The van der Waals surface area contributed by atoms with E-state index in [1.807, 2.05) is 30.3 Å². The van der Waals surface area contributed by atoms with Crippen molar-refractivity contribution in [3.05, 3.63) is 61.2 Å². The van der Waals surface area contributed by atoms with E-state index >= 15 is 0 Å². The summed E-state index contributed by atoms with van der Waals surface area (Å²) < 4.78 is 5.73. The monoisotopic (exact) mass is 264 g/mol. The fourth-order valence-electron chi connectivity index (χ4n) is 1.79. The van der Waals surface area contributed by atoms with Crippen LogP contribution in [0.4, 0.5) is 0 Å². The SMILES string of the molecule is C=CC(C=C)(O[C@@H](CO)[C@H](O)CO)c1ccccc1. The summed E-state index contributed by atoms with van der Waals surface area (Å²) in [4.78, 5) is 0. The number of aliphatic hydroxyl groups is 3. The Morgan fingerprint density at radius 3 is 2.11 bits per heavy atom. The van der Waals surface area contributed by atoms with E-state index in [2.05, 4.69) is 13.2 Å². The van der Waals surface area contributed by atoms with Gasteiger partial charge in [0.15, 0.2) is 0 Å². The molecule has 0 aliphatic carbocycles. The van der Waals surface area contributed by atoms with Gasteiger partial charge < -0.3 is 20.1 Å². The molecule has 0 bridgehead atoms. The first-order chi connectivity index (χ1) is 9.13. The van der Waals surface area contributed by atoms with E-state index in [1.54, 1.807) is 12.2 Å². The average molecular weight is 264 g/mol. The van der Waals surface area contributed by atoms with Crippen molar-refractivity contribution in [2.45, 2.75) is 17.8 Å². The van der Waals surface area contributed by atoms with Crippen LogP contribution < -0.4 is 0 Å². The van der Waals surface area contributed by atoms with Gasteiger partial charge in [-0.25, -0.2) is 0 Å². The standard InChI is InChI=1S/C15H20O4/c1-3-15(4-2,12-8-6-5-7-9-12)19-14(11-17)13(18)10-16/h3-9,13-14,16-18H,1-2,10-11H2/t13-,14+/m1/s1. The summed E-state index contributed by atoms with van der Waals surface area (Å²) in [5.74, 6) is 0. The Morgan fingerprint density at radius 1 is 1.11 bits per heavy atom. The van der Waals surface area contributed by atoms with Gasteiger partial charge in [-0.05, 0) is 5.56 Å². The Bertz CT molecular complexity index is 394. The van der Waals surface area contributed by atoms with Crippen molar-refractivity contribution in [2.75, 3.05) is 13.2 Å². The molecule has 0 heterocycles. The van der Waals surface area contributed by atoms with Crippen LogP contribution in [0.5, 0.6) is 0 Å². The van der Waals surface area contributed by atoms with E-state index in [1.165, 1.54) is 0 Å². The molecule has 1 rings (SSSR count). The second-order valence-corrected chi connectivity index (χ2v) is 4.16. The number of benzene rings is 1. The molecule has 0 radical (unpaired) electrons. The number of hydrogen-bond acceptors (Lipinski definition) is 4. The maximum Gasteiger partial charge on any atom is 0.130 e. The van der Waals surface area contributed by atoms with Crippen LogP contribution in [-0.2, 0) is 10.3 Å². The molecule has 0 unspecified atom stereocenters. The van der Waals surface area contributed by atoms with Crippen LogP contribution in [0.25, 0.3) is 0 Å². The largest absolute Gasteiger partial charge is 0.394 e. The number of aliphatic hydroxyl groups excluding tert-OH is 3. The molecule has 0 aliphatic heterocycles. The van der Waals surface area contributed by atoms with Crippen molar-refractivity contribution in [1.82, 2.24) is 0 Å². The fraction of sp³-hybridized carbons (Fsp3) is 0.333. The molecule has 19 heavy (non-hydrogen) atoms. The molecule has 0 spiro atoms. The average Bonchev–Trinajstić information content (AvgIpc) is 2.49. The predicted octanol–water partition coefficient (Wildman–Crippen LogP) is 0.985. The van der Waals surface area contributed by atoms with Crippen LogP contribution in [-0.4, -0.2) is 40.7 Å². The zero-order valence-electron chi connectivity index (χ0n) is 10.8. The lowest BCUT2D eigenvalue weighted by Gasteiger charge is -2.33. The molecule has 4 heteroatoms. The highest BCUT2D eigenvalue weighted by Gasteiger charge is 2.32. The van der Waals surface area contributed by atoms with E-state index in [0.717, 1.165) is 5.56 Å². The molecule has 0 saturated carbocycles. The van der Waals surface area contributed by atoms with Gasteiger partial charge in [-0.2, -0.15) is 0 Å². The number of hydrogen-bond donors (Lipinski definition) is 3. The summed E-state index contributed by atoms with van der Waals surface area (Å²) in [5, 5.41) is 27.8. The van der Waals surface area contributed by atoms with Gasteiger partial charge in [-0.1, -0.05) is 55.6 Å². The van der Waals surface area contributed by atoms with Gasteiger partial charge in [0, 0.05) is 0 Å². The van der Waals surface area contributed by atoms with Crippen molar-refractivity contribution in [3.8, 4) is 0 Å². The third kappa shape index (κ3) is 3.52. The summed E-state index contributed by atoms with van der Waals surface area (Å²) in [5.41, 5.74) is -0.242. The lowest BCUT2D eigenvalue weighted by Crippen LogP contribution is -2.41. The summed E-state index contributed by atoms with van der Waals surface area (Å²) in [7, 11) is 0. The zero-order chi connectivity index (χ0) is 14.3. The van der Waals surface area contributed by atoms with Crippen LogP contribution in [0.1, 0.15) is 5.56 Å². The second kappa shape index (κ2) is 7.21. The molecule has 0 amide bonds. The van der Waals surface area contributed by atoms with Crippen LogP contribution in [0.3, 0.4) is 0 Å². The van der Waals surface area contributed by atoms with Gasteiger partial charge >= 0.3 is 0 Å². The first kappa shape index (κ1) is 15.6. The molecule has 3 N–H and O–H groups in total. The van der Waals surface area contributed by atoms with E-state index in [4.69, 9.17) is 9.84 Å². The fourth-order valence-corrected chi connectivity index (χ4v) is 1.79. The highest BCUT2D eigenvalue weighted by molar-refractivity contribution is 5.32. The first-order valence-corrected chi connectivity index (χ1v) is 6.03. The van der Waals surface area contributed by atoms with Crippen LogP contribution in [0.15, 0.2) is 55.6 Å². The van der Waals surface area contributed by atoms with Crippen LogP contribution in [0.2, 0.25) is 0 Å². The van der Waals surface area contributed by atoms with E-state index in [9.17, 15) is 10.2 Å². The number of ether oxygens (including phenoxy) is 1. The molecular formula is C15H20O4. The van der Waals surface area contributed by atoms with Crippen molar-refractivity contribution in [2.24, 2.45) is 0 Å². The Morgan fingerprint density at radius 2 is 1.68 bits per heavy atom. The molecule has 0 aliphatic rings. The lowest BCUT2D eigenvalue weighted by atomic mass is 9.93. The molecule has 0 aromatic heterocycles. The maximum absolute atomic E-state index is 9.62. The summed E-state index contributed by atoms with van der Waals surface area (Å²) >= 11 is 0. The molecule has 1 aromatic rings. The summed E-state index contributed by atoms with van der Waals surface area (Å²) in [6.45, 7) is 6.55. The third-order valence-corrected chi connectivity index (χ3v) is 2.97. The predicted molar refractivity (Wildman–Crippen MR) is 73.6 cm³/mol. The minimum Gasteiger partial charge on any atom is -0.394 e. The van der Waals surface area contributed by atoms with Crippen LogP contribution >= 0.6 is 0 Å². The Hall–Kier alpha value is -1.46. The Kier molecular flexibility index (Phi) is 5.92. The smallest absolute Gasteiger partial charge is 0.130 e. The first-order valence-electron chi connectivity index (χ1n) is 6.03. The normalized spacial score (nSPS) is 14.7. The van der Waals surface area contributed by atoms with Crippen LogP contribution in [0, 0.1) is 0 Å². The van der Waals surface area contributed by atoms with Crippen molar-refractivity contribution < 1.29 is 20.1 Å². The highest BCUT2D eigenvalue weighted by atomic mass is 16.5. The highest BCUT2D eigenvalue weighted by Crippen LogP contribution is 2.30. The molecular weight excluding hydrogens is 244 g/mol. The minimum absolute atomic E-state index is 0.419. The third-order valence-electron chi connectivity index (χ3n) is 2.97. The quantitative estimate of drug-likeness (QED) is 0.612. The zero-order valence-corrected chi connectivity index (χ0v) is 10.8. The van der Waals surface area contributed by atoms with Gasteiger partial charge in [0.05, 0.1) is 13.2 Å². The minimum atomic E-state index is -1.17. The van der Waals surface area contributed by atoms with Gasteiger partial charge in [0.2, 0.25) is 0 Å². The van der Waals surface area contributed by atoms with Gasteiger partial charge in [0.25, 0.3) is 0 Å². The topological polar surface area (TPSA) is 69.9 Å². The summed E-state index contributed by atoms with van der Waals surface area (Å²) in [6, 6.07) is 9.23. The van der Waals surface area contributed by atoms with Gasteiger partial charge in [0.1, 0.15) is 17.8 Å². The van der Waals surface area contributed by atoms with Gasteiger partial charge in [-0.15, -0.1) is 0 Å². The molecule has 1 aromatic carbocycles. The molecule has 2 atom stereocenters. The Balaban J connectivity index is 3.07. The van der Waals surface area contributed by atoms with E-state index in [-0.39, 0.29) is 0 Å². The Labute approximate surface area is 113 Å². The maximum atomic E-state index is 9.62. The summed E-state index contributed by atoms with van der Waals surface area (Å²) in [6.07, 6.45) is 0.985. The van der Waals surface area contributed by atoms with Crippen molar-refractivity contribution in [1.29, 1.82) is 0 Å². The van der Waals surface area contributed by atoms with E-state index < -0.39 is 31.0 Å². The lowest BCUT2D eigenvalue weighted by molar-refractivity contribution is -0.125. The van der Waals surface area contributed by atoms with E-state index in [0.29, 0.717) is 0 Å². The van der Waals surface area contributed by atoms with Crippen molar-refractivity contribution >= 4 is 0 Å². The molecule has 0 saturated heterocycles. The molecule has 104 valence electrons. The van der Waals surface area contributed by atoms with Crippen molar-refractivity contribution in [3.63, 3.8) is 0 Å². The number of rotatable bonds is 8. The van der Waals surface area contributed by atoms with Gasteiger partial charge in [-0.3, -0.25) is 0 Å². The second-order valence-electron chi connectivity index (χ2n) is 4.16. The molecule has 4 nitrogen and oxygen atoms in total.